The van der Waals surface area contributed by atoms with Crippen LogP contribution in [0.25, 0.3) is 0 Å². The zero-order chi connectivity index (χ0) is 12.3. The quantitative estimate of drug-likeness (QED) is 0.841. The summed E-state index contributed by atoms with van der Waals surface area (Å²) >= 11 is 5.84. The molecule has 0 bridgehead atoms. The standard InChI is InChI=1S/C13H18ClNO/c1-9(13(2,3)4)15-12(16)10-6-5-7-11(14)8-10/h5-9H,1-4H3,(H,15,16). The van der Waals surface area contributed by atoms with Crippen molar-refractivity contribution in [1.82, 2.24) is 5.32 Å². The largest absolute Gasteiger partial charge is 0.349 e. The van der Waals surface area contributed by atoms with Crippen molar-refractivity contribution in [2.24, 2.45) is 5.41 Å². The third-order valence-corrected chi connectivity index (χ3v) is 2.97. The molecule has 1 amide bonds. The summed E-state index contributed by atoms with van der Waals surface area (Å²) in [6.45, 7) is 8.28. The van der Waals surface area contributed by atoms with Gasteiger partial charge in [0, 0.05) is 16.6 Å². The van der Waals surface area contributed by atoms with Crippen molar-refractivity contribution >= 4 is 17.5 Å². The predicted octanol–water partition coefficient (Wildman–Crippen LogP) is 3.50. The smallest absolute Gasteiger partial charge is 0.251 e. The Hall–Kier alpha value is -1.02. The summed E-state index contributed by atoms with van der Waals surface area (Å²) in [6, 6.07) is 7.08. The molecule has 0 aliphatic carbocycles. The van der Waals surface area contributed by atoms with Gasteiger partial charge in [-0.25, -0.2) is 0 Å². The van der Waals surface area contributed by atoms with Gasteiger partial charge in [0.25, 0.3) is 5.91 Å². The van der Waals surface area contributed by atoms with Crippen molar-refractivity contribution in [3.63, 3.8) is 0 Å². The lowest BCUT2D eigenvalue weighted by Gasteiger charge is -2.28. The topological polar surface area (TPSA) is 29.1 Å². The van der Waals surface area contributed by atoms with Crippen LogP contribution in [0.4, 0.5) is 0 Å². The lowest BCUT2D eigenvalue weighted by atomic mass is 9.88. The monoisotopic (exact) mass is 239 g/mol. The molecule has 0 radical (unpaired) electrons. The van der Waals surface area contributed by atoms with Crippen LogP contribution in [0, 0.1) is 5.41 Å². The molecule has 0 spiro atoms. The molecule has 0 fully saturated rings. The van der Waals surface area contributed by atoms with E-state index in [1.165, 1.54) is 0 Å². The van der Waals surface area contributed by atoms with E-state index in [1.54, 1.807) is 24.3 Å². The van der Waals surface area contributed by atoms with Crippen LogP contribution in [-0.4, -0.2) is 11.9 Å². The second-order valence-electron chi connectivity index (χ2n) is 5.07. The Labute approximate surface area is 102 Å². The molecule has 88 valence electrons. The highest BCUT2D eigenvalue weighted by Gasteiger charge is 2.22. The van der Waals surface area contributed by atoms with Crippen molar-refractivity contribution in [3.8, 4) is 0 Å². The van der Waals surface area contributed by atoms with Crippen molar-refractivity contribution in [2.75, 3.05) is 0 Å². The van der Waals surface area contributed by atoms with Gasteiger partial charge in [0.2, 0.25) is 0 Å². The van der Waals surface area contributed by atoms with Gasteiger partial charge in [-0.05, 0) is 30.5 Å². The Morgan fingerprint density at radius 3 is 2.50 bits per heavy atom. The third-order valence-electron chi connectivity index (χ3n) is 2.73. The summed E-state index contributed by atoms with van der Waals surface area (Å²) in [5.41, 5.74) is 0.650. The Morgan fingerprint density at radius 1 is 1.38 bits per heavy atom. The van der Waals surface area contributed by atoms with E-state index in [0.717, 1.165) is 0 Å². The molecule has 1 rings (SSSR count). The SMILES string of the molecule is CC(NC(=O)c1cccc(Cl)c1)C(C)(C)C. The Kier molecular flexibility index (Phi) is 3.98. The fourth-order valence-electron chi connectivity index (χ4n) is 1.13. The van der Waals surface area contributed by atoms with Crippen molar-refractivity contribution in [1.29, 1.82) is 0 Å². The number of hydrogen-bond acceptors (Lipinski definition) is 1. The number of carbonyl (C=O) groups is 1. The van der Waals surface area contributed by atoms with E-state index < -0.39 is 0 Å². The van der Waals surface area contributed by atoms with E-state index in [2.05, 4.69) is 26.1 Å². The highest BCUT2D eigenvalue weighted by atomic mass is 35.5. The van der Waals surface area contributed by atoms with Crippen LogP contribution >= 0.6 is 11.6 Å². The van der Waals surface area contributed by atoms with Gasteiger partial charge in [0.15, 0.2) is 0 Å². The van der Waals surface area contributed by atoms with Crippen LogP contribution in [0.1, 0.15) is 38.1 Å². The van der Waals surface area contributed by atoms with E-state index in [0.29, 0.717) is 10.6 Å². The maximum absolute atomic E-state index is 11.9. The highest BCUT2D eigenvalue weighted by molar-refractivity contribution is 6.30. The minimum atomic E-state index is -0.0788. The van der Waals surface area contributed by atoms with Gasteiger partial charge in [-0.1, -0.05) is 38.4 Å². The molecular formula is C13H18ClNO. The highest BCUT2D eigenvalue weighted by Crippen LogP contribution is 2.19. The van der Waals surface area contributed by atoms with Crippen LogP contribution < -0.4 is 5.32 Å². The molecule has 1 unspecified atom stereocenters. The number of hydrogen-bond donors (Lipinski definition) is 1. The Bertz CT molecular complexity index is 382. The average Bonchev–Trinajstić information content (AvgIpc) is 2.16. The summed E-state index contributed by atoms with van der Waals surface area (Å²) in [5, 5.41) is 3.55. The number of carbonyl (C=O) groups excluding carboxylic acids is 1. The van der Waals surface area contributed by atoms with Crippen LogP contribution in [0.2, 0.25) is 5.02 Å². The van der Waals surface area contributed by atoms with Gasteiger partial charge < -0.3 is 5.32 Å². The predicted molar refractivity (Wildman–Crippen MR) is 67.8 cm³/mol. The molecule has 16 heavy (non-hydrogen) atoms. The number of nitrogens with one attached hydrogen (secondary N) is 1. The first-order valence-corrected chi connectivity index (χ1v) is 5.75. The third kappa shape index (κ3) is 3.53. The van der Waals surface area contributed by atoms with Gasteiger partial charge >= 0.3 is 0 Å². The molecule has 0 saturated carbocycles. The zero-order valence-electron chi connectivity index (χ0n) is 10.2. The van der Waals surface area contributed by atoms with Gasteiger partial charge in [0.05, 0.1) is 0 Å². The van der Waals surface area contributed by atoms with Crippen LogP contribution in [0.15, 0.2) is 24.3 Å². The molecule has 1 aromatic carbocycles. The second kappa shape index (κ2) is 4.88. The van der Waals surface area contributed by atoms with Gasteiger partial charge in [-0.2, -0.15) is 0 Å². The van der Waals surface area contributed by atoms with Gasteiger partial charge in [0.1, 0.15) is 0 Å². The average molecular weight is 240 g/mol. The molecule has 0 heterocycles. The molecule has 0 saturated heterocycles. The van der Waals surface area contributed by atoms with Gasteiger partial charge in [-0.15, -0.1) is 0 Å². The van der Waals surface area contributed by atoms with E-state index in [9.17, 15) is 4.79 Å². The zero-order valence-corrected chi connectivity index (χ0v) is 10.9. The van der Waals surface area contributed by atoms with E-state index in [4.69, 9.17) is 11.6 Å². The lowest BCUT2D eigenvalue weighted by Crippen LogP contribution is -2.41. The fraction of sp³-hybridized carbons (Fsp3) is 0.462. The molecule has 2 nitrogen and oxygen atoms in total. The summed E-state index contributed by atoms with van der Waals surface area (Å²) in [6.07, 6.45) is 0. The first-order chi connectivity index (χ1) is 7.30. The lowest BCUT2D eigenvalue weighted by molar-refractivity contribution is 0.0910. The summed E-state index contributed by atoms with van der Waals surface area (Å²) in [5.74, 6) is -0.0788. The maximum atomic E-state index is 11.9. The molecular weight excluding hydrogens is 222 g/mol. The molecule has 1 aromatic rings. The summed E-state index contributed by atoms with van der Waals surface area (Å²) in [4.78, 5) is 11.9. The molecule has 0 aliphatic rings. The Balaban J connectivity index is 2.74. The number of benzene rings is 1. The first-order valence-electron chi connectivity index (χ1n) is 5.37. The van der Waals surface area contributed by atoms with Crippen LogP contribution in [0.3, 0.4) is 0 Å². The van der Waals surface area contributed by atoms with E-state index >= 15 is 0 Å². The Morgan fingerprint density at radius 2 is 2.00 bits per heavy atom. The molecule has 1 N–H and O–H groups in total. The second-order valence-corrected chi connectivity index (χ2v) is 5.51. The molecule has 3 heteroatoms. The summed E-state index contributed by atoms with van der Waals surface area (Å²) in [7, 11) is 0. The maximum Gasteiger partial charge on any atom is 0.251 e. The number of halogens is 1. The molecule has 0 aliphatic heterocycles. The molecule has 0 aromatic heterocycles. The van der Waals surface area contributed by atoms with Gasteiger partial charge in [-0.3, -0.25) is 4.79 Å². The van der Waals surface area contributed by atoms with Crippen LogP contribution in [0.5, 0.6) is 0 Å². The minimum absolute atomic E-state index is 0.0498. The first kappa shape index (κ1) is 13.0. The van der Waals surface area contributed by atoms with Crippen molar-refractivity contribution in [2.45, 2.75) is 33.7 Å². The normalized spacial score (nSPS) is 13.3. The molecule has 1 atom stereocenters. The van der Waals surface area contributed by atoms with Crippen LogP contribution in [-0.2, 0) is 0 Å². The minimum Gasteiger partial charge on any atom is -0.349 e. The van der Waals surface area contributed by atoms with Crippen molar-refractivity contribution < 1.29 is 4.79 Å². The van der Waals surface area contributed by atoms with Crippen molar-refractivity contribution in [3.05, 3.63) is 34.9 Å². The fourth-order valence-corrected chi connectivity index (χ4v) is 1.32. The number of amides is 1. The van der Waals surface area contributed by atoms with E-state index in [1.807, 2.05) is 6.92 Å². The number of rotatable bonds is 2. The summed E-state index contributed by atoms with van der Waals surface area (Å²) < 4.78 is 0. The van der Waals surface area contributed by atoms with E-state index in [-0.39, 0.29) is 17.4 Å².